The van der Waals surface area contributed by atoms with Crippen LogP contribution in [0.4, 0.5) is 0 Å². The number of nitrogens with zero attached hydrogens (tertiary/aromatic N) is 3. The Hall–Kier alpha value is -1.06. The molecule has 0 radical (unpaired) electrons. The minimum Gasteiger partial charge on any atom is -0.491 e. The van der Waals surface area contributed by atoms with Crippen LogP contribution in [0.1, 0.15) is 26.0 Å². The lowest BCUT2D eigenvalue weighted by atomic mass is 10.3. The van der Waals surface area contributed by atoms with Crippen molar-refractivity contribution in [1.82, 2.24) is 15.0 Å². The van der Waals surface area contributed by atoms with Gasteiger partial charge in [-0.15, -0.1) is 0 Å². The molecular formula is C7H13N3O. The molecule has 0 unspecified atom stereocenters. The molecule has 0 atom stereocenters. The Balaban J connectivity index is 2.86. The molecule has 1 aromatic heterocycles. The molecule has 0 aliphatic heterocycles. The van der Waals surface area contributed by atoms with Crippen LogP contribution >= 0.6 is 0 Å². The zero-order valence-electron chi connectivity index (χ0n) is 6.91. The van der Waals surface area contributed by atoms with Crippen LogP contribution in [0.2, 0.25) is 0 Å². The molecule has 11 heavy (non-hydrogen) atoms. The first-order valence-corrected chi connectivity index (χ1v) is 3.90. The SMILES string of the molecule is CCCn1nnc(O)c1CC. The van der Waals surface area contributed by atoms with E-state index in [2.05, 4.69) is 17.2 Å². The molecule has 0 aromatic carbocycles. The molecule has 0 bridgehead atoms. The van der Waals surface area contributed by atoms with Crippen LogP contribution in [0, 0.1) is 0 Å². The molecule has 0 saturated heterocycles. The summed E-state index contributed by atoms with van der Waals surface area (Å²) in [5.41, 5.74) is 0.826. The third kappa shape index (κ3) is 1.50. The van der Waals surface area contributed by atoms with Crippen LogP contribution in [0.5, 0.6) is 5.88 Å². The van der Waals surface area contributed by atoms with Gasteiger partial charge in [0, 0.05) is 6.54 Å². The van der Waals surface area contributed by atoms with Gasteiger partial charge in [0.25, 0.3) is 5.88 Å². The molecular weight excluding hydrogens is 142 g/mol. The minimum absolute atomic E-state index is 0.0703. The number of aromatic nitrogens is 3. The maximum atomic E-state index is 9.16. The van der Waals surface area contributed by atoms with Crippen molar-refractivity contribution in [2.75, 3.05) is 0 Å². The van der Waals surface area contributed by atoms with Gasteiger partial charge in [-0.25, -0.2) is 4.68 Å². The molecule has 0 aliphatic carbocycles. The monoisotopic (exact) mass is 155 g/mol. The molecule has 0 fully saturated rings. The van der Waals surface area contributed by atoms with E-state index in [0.29, 0.717) is 0 Å². The predicted molar refractivity (Wildman–Crippen MR) is 41.4 cm³/mol. The number of hydrogen-bond acceptors (Lipinski definition) is 3. The van der Waals surface area contributed by atoms with Gasteiger partial charge < -0.3 is 5.11 Å². The maximum absolute atomic E-state index is 9.16. The number of aromatic hydroxyl groups is 1. The van der Waals surface area contributed by atoms with Crippen LogP contribution in [-0.2, 0) is 13.0 Å². The van der Waals surface area contributed by atoms with E-state index < -0.39 is 0 Å². The summed E-state index contributed by atoms with van der Waals surface area (Å²) in [5, 5.41) is 16.5. The van der Waals surface area contributed by atoms with E-state index >= 15 is 0 Å². The summed E-state index contributed by atoms with van der Waals surface area (Å²) in [6.07, 6.45) is 1.79. The van der Waals surface area contributed by atoms with Gasteiger partial charge in [0.15, 0.2) is 0 Å². The Morgan fingerprint density at radius 3 is 2.73 bits per heavy atom. The van der Waals surface area contributed by atoms with E-state index in [1.807, 2.05) is 6.92 Å². The number of aryl methyl sites for hydroxylation is 1. The highest BCUT2D eigenvalue weighted by Crippen LogP contribution is 2.12. The van der Waals surface area contributed by atoms with Crippen molar-refractivity contribution in [3.05, 3.63) is 5.69 Å². The van der Waals surface area contributed by atoms with Gasteiger partial charge in [-0.3, -0.25) is 0 Å². The summed E-state index contributed by atoms with van der Waals surface area (Å²) in [4.78, 5) is 0. The lowest BCUT2D eigenvalue weighted by Crippen LogP contribution is -2.03. The van der Waals surface area contributed by atoms with Crippen LogP contribution in [0.3, 0.4) is 0 Å². The zero-order valence-corrected chi connectivity index (χ0v) is 6.91. The fourth-order valence-electron chi connectivity index (χ4n) is 1.06. The molecule has 1 rings (SSSR count). The summed E-state index contributed by atoms with van der Waals surface area (Å²) >= 11 is 0. The van der Waals surface area contributed by atoms with E-state index in [0.717, 1.165) is 25.1 Å². The highest BCUT2D eigenvalue weighted by molar-refractivity contribution is 5.14. The fraction of sp³-hybridized carbons (Fsp3) is 0.714. The fourth-order valence-corrected chi connectivity index (χ4v) is 1.06. The molecule has 62 valence electrons. The van der Waals surface area contributed by atoms with Crippen molar-refractivity contribution >= 4 is 0 Å². The van der Waals surface area contributed by atoms with Crippen LogP contribution in [0.15, 0.2) is 0 Å². The van der Waals surface area contributed by atoms with Gasteiger partial charge in [-0.1, -0.05) is 24.2 Å². The van der Waals surface area contributed by atoms with E-state index in [-0.39, 0.29) is 5.88 Å². The molecule has 0 saturated carbocycles. The van der Waals surface area contributed by atoms with Crippen LogP contribution < -0.4 is 0 Å². The van der Waals surface area contributed by atoms with Crippen LogP contribution in [0.25, 0.3) is 0 Å². The normalized spacial score (nSPS) is 10.4. The van der Waals surface area contributed by atoms with Crippen LogP contribution in [-0.4, -0.2) is 20.1 Å². The molecule has 1 heterocycles. The van der Waals surface area contributed by atoms with E-state index in [1.54, 1.807) is 4.68 Å². The van der Waals surface area contributed by atoms with Crippen molar-refractivity contribution in [3.63, 3.8) is 0 Å². The average molecular weight is 155 g/mol. The molecule has 4 heteroatoms. The molecule has 0 amide bonds. The second kappa shape index (κ2) is 3.37. The van der Waals surface area contributed by atoms with Crippen molar-refractivity contribution in [2.24, 2.45) is 0 Å². The highest BCUT2D eigenvalue weighted by Gasteiger charge is 2.07. The first-order valence-electron chi connectivity index (χ1n) is 3.90. The Kier molecular flexibility index (Phi) is 2.46. The van der Waals surface area contributed by atoms with Gasteiger partial charge >= 0.3 is 0 Å². The molecule has 1 aromatic rings. The Labute approximate surface area is 65.8 Å². The van der Waals surface area contributed by atoms with Gasteiger partial charge in [0.1, 0.15) is 5.69 Å². The van der Waals surface area contributed by atoms with Crippen molar-refractivity contribution < 1.29 is 5.11 Å². The van der Waals surface area contributed by atoms with E-state index in [9.17, 15) is 0 Å². The first-order chi connectivity index (χ1) is 5.29. The second-order valence-electron chi connectivity index (χ2n) is 2.44. The molecule has 4 nitrogen and oxygen atoms in total. The predicted octanol–water partition coefficient (Wildman–Crippen LogP) is 0.956. The minimum atomic E-state index is 0.0703. The summed E-state index contributed by atoms with van der Waals surface area (Å²) in [6, 6.07) is 0. The smallest absolute Gasteiger partial charge is 0.254 e. The van der Waals surface area contributed by atoms with E-state index in [1.165, 1.54) is 0 Å². The summed E-state index contributed by atoms with van der Waals surface area (Å²) < 4.78 is 1.75. The van der Waals surface area contributed by atoms with Gasteiger partial charge in [0.05, 0.1) is 0 Å². The van der Waals surface area contributed by atoms with Crippen molar-refractivity contribution in [1.29, 1.82) is 0 Å². The Bertz CT molecular complexity index is 232. The number of hydrogen-bond donors (Lipinski definition) is 1. The average Bonchev–Trinajstić information content (AvgIpc) is 2.33. The summed E-state index contributed by atoms with van der Waals surface area (Å²) in [5.74, 6) is 0.0703. The van der Waals surface area contributed by atoms with Gasteiger partial charge in [0.2, 0.25) is 0 Å². The molecule has 0 aliphatic rings. The Morgan fingerprint density at radius 2 is 2.18 bits per heavy atom. The topological polar surface area (TPSA) is 50.9 Å². The van der Waals surface area contributed by atoms with Crippen molar-refractivity contribution in [3.8, 4) is 5.88 Å². The van der Waals surface area contributed by atoms with E-state index in [4.69, 9.17) is 5.11 Å². The highest BCUT2D eigenvalue weighted by atomic mass is 16.3. The summed E-state index contributed by atoms with van der Waals surface area (Å²) in [6.45, 7) is 4.87. The van der Waals surface area contributed by atoms with Gasteiger partial charge in [-0.2, -0.15) is 0 Å². The quantitative estimate of drug-likeness (QED) is 0.707. The zero-order chi connectivity index (χ0) is 8.27. The molecule has 1 N–H and O–H groups in total. The third-order valence-corrected chi connectivity index (χ3v) is 1.59. The lowest BCUT2D eigenvalue weighted by molar-refractivity contribution is 0.445. The van der Waals surface area contributed by atoms with Crippen molar-refractivity contribution in [2.45, 2.75) is 33.2 Å². The Morgan fingerprint density at radius 1 is 1.45 bits per heavy atom. The first kappa shape index (κ1) is 8.04. The largest absolute Gasteiger partial charge is 0.491 e. The second-order valence-corrected chi connectivity index (χ2v) is 2.44. The molecule has 0 spiro atoms. The number of rotatable bonds is 3. The lowest BCUT2D eigenvalue weighted by Gasteiger charge is -2.00. The standard InChI is InChI=1S/C7H13N3O/c1-3-5-10-6(4-2)7(11)8-9-10/h11H,3-5H2,1-2H3. The third-order valence-electron chi connectivity index (χ3n) is 1.59. The summed E-state index contributed by atoms with van der Waals surface area (Å²) in [7, 11) is 0. The maximum Gasteiger partial charge on any atom is 0.254 e. The van der Waals surface area contributed by atoms with Gasteiger partial charge in [-0.05, 0) is 12.8 Å².